The van der Waals surface area contributed by atoms with Gasteiger partial charge in [-0.2, -0.15) is 0 Å². The molecule has 0 fully saturated rings. The maximum absolute atomic E-state index is 11.6. The molecule has 0 unspecified atom stereocenters. The van der Waals surface area contributed by atoms with Gasteiger partial charge < -0.3 is 4.74 Å². The third-order valence-corrected chi connectivity index (χ3v) is 4.60. The van der Waals surface area contributed by atoms with E-state index in [9.17, 15) is 4.79 Å². The van der Waals surface area contributed by atoms with E-state index in [1.165, 1.54) is 0 Å². The zero-order chi connectivity index (χ0) is 16.8. The van der Waals surface area contributed by atoms with Gasteiger partial charge in [0.05, 0.1) is 8.07 Å². The molecular formula is C19H28O2Si. The van der Waals surface area contributed by atoms with Crippen LogP contribution in [-0.2, 0) is 17.6 Å². The fourth-order valence-electron chi connectivity index (χ4n) is 2.08. The van der Waals surface area contributed by atoms with Crippen molar-refractivity contribution in [2.75, 3.05) is 0 Å². The topological polar surface area (TPSA) is 26.3 Å². The quantitative estimate of drug-likeness (QED) is 0.337. The third kappa shape index (κ3) is 5.69. The van der Waals surface area contributed by atoms with Crippen molar-refractivity contribution in [3.05, 3.63) is 28.8 Å². The van der Waals surface area contributed by atoms with E-state index in [0.717, 1.165) is 41.3 Å². The van der Waals surface area contributed by atoms with Crippen molar-refractivity contribution in [2.45, 2.75) is 65.7 Å². The molecule has 1 rings (SSSR count). The van der Waals surface area contributed by atoms with Crippen LogP contribution in [0.5, 0.6) is 5.75 Å². The van der Waals surface area contributed by atoms with E-state index in [1.807, 2.05) is 6.92 Å². The van der Waals surface area contributed by atoms with Gasteiger partial charge in [0.1, 0.15) is 5.75 Å². The van der Waals surface area contributed by atoms with Crippen molar-refractivity contribution in [1.29, 1.82) is 0 Å². The Morgan fingerprint density at radius 1 is 1.09 bits per heavy atom. The van der Waals surface area contributed by atoms with Crippen LogP contribution in [0.2, 0.25) is 25.7 Å². The van der Waals surface area contributed by atoms with Crippen LogP contribution in [0.3, 0.4) is 0 Å². The Kier molecular flexibility index (Phi) is 6.89. The highest BCUT2D eigenvalue weighted by Crippen LogP contribution is 2.27. The van der Waals surface area contributed by atoms with Crippen LogP contribution in [-0.4, -0.2) is 14.0 Å². The largest absolute Gasteiger partial charge is 0.426 e. The van der Waals surface area contributed by atoms with Gasteiger partial charge in [-0.05, 0) is 36.1 Å². The predicted molar refractivity (Wildman–Crippen MR) is 96.2 cm³/mol. The monoisotopic (exact) mass is 316 g/mol. The SMILES string of the molecule is CCC(=O)Oc1c(CC)cc(C#CC[Si](C)(C)C)cc1CC. The second-order valence-corrected chi connectivity index (χ2v) is 12.2. The van der Waals surface area contributed by atoms with E-state index < -0.39 is 8.07 Å². The van der Waals surface area contributed by atoms with E-state index in [0.29, 0.717) is 6.42 Å². The Hall–Kier alpha value is -1.53. The molecule has 0 atom stereocenters. The number of rotatable bonds is 5. The summed E-state index contributed by atoms with van der Waals surface area (Å²) >= 11 is 0. The van der Waals surface area contributed by atoms with Gasteiger partial charge in [0.2, 0.25) is 0 Å². The molecule has 0 amide bonds. The van der Waals surface area contributed by atoms with Crippen LogP contribution >= 0.6 is 0 Å². The van der Waals surface area contributed by atoms with E-state index in [4.69, 9.17) is 4.74 Å². The lowest BCUT2D eigenvalue weighted by atomic mass is 10.0. The average molecular weight is 317 g/mol. The maximum atomic E-state index is 11.6. The van der Waals surface area contributed by atoms with Crippen molar-refractivity contribution in [2.24, 2.45) is 0 Å². The van der Waals surface area contributed by atoms with Crippen molar-refractivity contribution >= 4 is 14.0 Å². The molecule has 0 aliphatic rings. The standard InChI is InChI=1S/C19H28O2Si/c1-7-16-13-15(11-10-12-22(4,5)6)14-17(8-2)19(16)21-18(20)9-3/h13-14H,7-9,12H2,1-6H3. The minimum absolute atomic E-state index is 0.179. The van der Waals surface area contributed by atoms with E-state index >= 15 is 0 Å². The van der Waals surface area contributed by atoms with Crippen LogP contribution in [0.25, 0.3) is 0 Å². The molecule has 2 nitrogen and oxygen atoms in total. The number of hydrogen-bond acceptors (Lipinski definition) is 2. The molecule has 0 saturated carbocycles. The molecule has 22 heavy (non-hydrogen) atoms. The Labute approximate surface area is 136 Å². The summed E-state index contributed by atoms with van der Waals surface area (Å²) in [4.78, 5) is 11.6. The van der Waals surface area contributed by atoms with Gasteiger partial charge in [-0.3, -0.25) is 4.79 Å². The fourth-order valence-corrected chi connectivity index (χ4v) is 2.70. The van der Waals surface area contributed by atoms with E-state index in [1.54, 1.807) is 0 Å². The van der Waals surface area contributed by atoms with Gasteiger partial charge in [-0.1, -0.05) is 46.3 Å². The molecule has 0 aliphatic carbocycles. The first kappa shape index (κ1) is 18.5. The Morgan fingerprint density at radius 2 is 1.64 bits per heavy atom. The molecule has 120 valence electrons. The highest BCUT2D eigenvalue weighted by atomic mass is 28.3. The summed E-state index contributed by atoms with van der Waals surface area (Å²) in [7, 11) is -1.14. The predicted octanol–water partition coefficient (Wildman–Crippen LogP) is 4.82. The second kappa shape index (κ2) is 8.19. The number of carbonyl (C=O) groups is 1. The number of carbonyl (C=O) groups excluding carboxylic acids is 1. The van der Waals surface area contributed by atoms with Gasteiger partial charge >= 0.3 is 5.97 Å². The summed E-state index contributed by atoms with van der Waals surface area (Å²) in [5, 5.41) is 0. The van der Waals surface area contributed by atoms with Crippen LogP contribution in [0.4, 0.5) is 0 Å². The first-order valence-corrected chi connectivity index (χ1v) is 11.9. The number of benzene rings is 1. The normalized spacial score (nSPS) is 10.8. The van der Waals surface area contributed by atoms with Crippen LogP contribution < -0.4 is 4.74 Å². The highest BCUT2D eigenvalue weighted by molar-refractivity contribution is 6.76. The van der Waals surface area contributed by atoms with Crippen LogP contribution in [0, 0.1) is 11.8 Å². The minimum atomic E-state index is -1.14. The smallest absolute Gasteiger partial charge is 0.310 e. The maximum Gasteiger partial charge on any atom is 0.310 e. The molecular weight excluding hydrogens is 288 g/mol. The highest BCUT2D eigenvalue weighted by Gasteiger charge is 2.13. The number of aryl methyl sites for hydroxylation is 2. The molecule has 0 heterocycles. The summed E-state index contributed by atoms with van der Waals surface area (Å²) in [6, 6.07) is 5.13. The lowest BCUT2D eigenvalue weighted by Crippen LogP contribution is -2.17. The Morgan fingerprint density at radius 3 is 2.05 bits per heavy atom. The Balaban J connectivity index is 3.16. The van der Waals surface area contributed by atoms with Crippen molar-refractivity contribution in [1.82, 2.24) is 0 Å². The lowest BCUT2D eigenvalue weighted by Gasteiger charge is -2.14. The molecule has 3 heteroatoms. The summed E-state index contributed by atoms with van der Waals surface area (Å²) < 4.78 is 5.54. The van der Waals surface area contributed by atoms with Crippen LogP contribution in [0.15, 0.2) is 12.1 Å². The Bertz CT molecular complexity index is 561. The summed E-state index contributed by atoms with van der Waals surface area (Å²) in [6.07, 6.45) is 2.07. The first-order chi connectivity index (χ1) is 10.3. The zero-order valence-electron chi connectivity index (χ0n) is 14.8. The molecule has 0 bridgehead atoms. The molecule has 1 aromatic carbocycles. The zero-order valence-corrected chi connectivity index (χ0v) is 15.8. The van der Waals surface area contributed by atoms with Crippen LogP contribution in [0.1, 0.15) is 43.9 Å². The molecule has 0 radical (unpaired) electrons. The van der Waals surface area contributed by atoms with Gasteiger partial charge in [0.25, 0.3) is 0 Å². The van der Waals surface area contributed by atoms with Gasteiger partial charge in [0.15, 0.2) is 0 Å². The lowest BCUT2D eigenvalue weighted by molar-refractivity contribution is -0.134. The molecule has 0 aliphatic heterocycles. The fraction of sp³-hybridized carbons (Fsp3) is 0.526. The average Bonchev–Trinajstić information content (AvgIpc) is 2.46. The van der Waals surface area contributed by atoms with Gasteiger partial charge in [0, 0.05) is 18.0 Å². The van der Waals surface area contributed by atoms with Gasteiger partial charge in [-0.15, -0.1) is 5.92 Å². The van der Waals surface area contributed by atoms with Crippen molar-refractivity contribution in [3.8, 4) is 17.6 Å². The second-order valence-electron chi connectivity index (χ2n) is 6.70. The van der Waals surface area contributed by atoms with Crippen molar-refractivity contribution in [3.63, 3.8) is 0 Å². The molecule has 1 aromatic rings. The van der Waals surface area contributed by atoms with Gasteiger partial charge in [-0.25, -0.2) is 0 Å². The molecule has 0 spiro atoms. The molecule has 0 N–H and O–H groups in total. The minimum Gasteiger partial charge on any atom is -0.426 e. The number of esters is 1. The number of hydrogen-bond donors (Lipinski definition) is 0. The summed E-state index contributed by atoms with van der Waals surface area (Å²) in [5.41, 5.74) is 3.17. The summed E-state index contributed by atoms with van der Waals surface area (Å²) in [6.45, 7) is 12.9. The van der Waals surface area contributed by atoms with Crippen molar-refractivity contribution < 1.29 is 9.53 Å². The number of ether oxygens (including phenoxy) is 1. The third-order valence-electron chi connectivity index (χ3n) is 3.36. The van der Waals surface area contributed by atoms with E-state index in [2.05, 4.69) is 57.5 Å². The van der Waals surface area contributed by atoms with E-state index in [-0.39, 0.29) is 5.97 Å². The molecule has 0 aromatic heterocycles. The first-order valence-electron chi connectivity index (χ1n) is 8.16. The summed E-state index contributed by atoms with van der Waals surface area (Å²) in [5.74, 6) is 7.17. The molecule has 0 saturated heterocycles.